The number of benzene rings is 1. The van der Waals surface area contributed by atoms with Gasteiger partial charge in [-0.15, -0.1) is 0 Å². The number of fused-ring (bicyclic) bond motifs is 1. The minimum Gasteiger partial charge on any atom is -0.454 e. The zero-order valence-electron chi connectivity index (χ0n) is 23.8. The maximum Gasteiger partial charge on any atom is 0.252 e. The standard InChI is InChI=1S/C26H39N5O7S2/c1-13(2)20(31-23(34)16-8-9-18-19(10-16)38-12-37-18)25(36)30-17(11-39-40-26(5,6)7)24(35)29-15(4)22(33)28-14(3)21(27)32/h8-10,13-15,17,20H,11-12H2,1-7H3,(H2,27,32)(H,28,33)(H,29,35)(H,30,36)(H,31,34)/t14?,15-,17-,20?/m0/s1. The zero-order chi connectivity index (χ0) is 30.2. The molecule has 1 aromatic rings. The number of hydrogen-bond donors (Lipinski definition) is 5. The van der Waals surface area contributed by atoms with Crippen LogP contribution in [0.5, 0.6) is 11.5 Å². The highest BCUT2D eigenvalue weighted by molar-refractivity contribution is 8.77. The van der Waals surface area contributed by atoms with Gasteiger partial charge in [-0.3, -0.25) is 24.0 Å². The summed E-state index contributed by atoms with van der Waals surface area (Å²) in [7, 11) is 2.94. The lowest BCUT2D eigenvalue weighted by molar-refractivity contribution is -0.133. The van der Waals surface area contributed by atoms with Crippen molar-refractivity contribution in [1.29, 1.82) is 0 Å². The van der Waals surface area contributed by atoms with Crippen molar-refractivity contribution < 1.29 is 33.4 Å². The molecule has 0 saturated carbocycles. The van der Waals surface area contributed by atoms with E-state index in [1.807, 2.05) is 20.8 Å². The summed E-state index contributed by atoms with van der Waals surface area (Å²) >= 11 is 0. The number of amides is 5. The number of carbonyl (C=O) groups is 5. The molecular formula is C26H39N5O7S2. The Hall–Kier alpha value is -3.13. The summed E-state index contributed by atoms with van der Waals surface area (Å²) in [6.07, 6.45) is 0. The first-order valence-electron chi connectivity index (χ1n) is 12.8. The minimum absolute atomic E-state index is 0.0663. The van der Waals surface area contributed by atoms with E-state index >= 15 is 0 Å². The first-order valence-corrected chi connectivity index (χ1v) is 15.1. The van der Waals surface area contributed by atoms with E-state index < -0.39 is 53.7 Å². The minimum atomic E-state index is -1.01. The molecule has 4 atom stereocenters. The predicted molar refractivity (Wildman–Crippen MR) is 155 cm³/mol. The molecule has 6 N–H and O–H groups in total. The SMILES string of the molecule is CC(NC(=O)[C@H](C)NC(=O)[C@H](CSSC(C)(C)C)NC(=O)C(NC(=O)c1ccc2c(c1)OCO2)C(C)C)C(N)=O. The molecule has 14 heteroatoms. The molecule has 5 amide bonds. The second-order valence-corrected chi connectivity index (χ2v) is 13.8. The molecule has 222 valence electrons. The Morgan fingerprint density at radius 1 is 0.875 bits per heavy atom. The summed E-state index contributed by atoms with van der Waals surface area (Å²) in [6.45, 7) is 12.6. The van der Waals surface area contributed by atoms with Gasteiger partial charge in [0.1, 0.15) is 24.2 Å². The van der Waals surface area contributed by atoms with E-state index in [0.717, 1.165) is 0 Å². The maximum absolute atomic E-state index is 13.4. The number of primary amides is 1. The van der Waals surface area contributed by atoms with Crippen LogP contribution in [0.15, 0.2) is 18.2 Å². The fourth-order valence-electron chi connectivity index (χ4n) is 3.31. The van der Waals surface area contributed by atoms with Gasteiger partial charge in [0, 0.05) is 16.1 Å². The molecule has 2 rings (SSSR count). The van der Waals surface area contributed by atoms with E-state index in [2.05, 4.69) is 21.3 Å². The Morgan fingerprint density at radius 3 is 2.10 bits per heavy atom. The normalized spacial score (nSPS) is 15.4. The van der Waals surface area contributed by atoms with Gasteiger partial charge >= 0.3 is 0 Å². The summed E-state index contributed by atoms with van der Waals surface area (Å²) < 4.78 is 10.5. The van der Waals surface area contributed by atoms with Crippen LogP contribution in [-0.2, 0) is 19.2 Å². The van der Waals surface area contributed by atoms with Gasteiger partial charge in [-0.1, -0.05) is 56.2 Å². The van der Waals surface area contributed by atoms with Crippen LogP contribution in [0.1, 0.15) is 58.8 Å². The summed E-state index contributed by atoms with van der Waals surface area (Å²) in [6, 6.07) is 0.843. The molecule has 0 saturated heterocycles. The number of hydrogen-bond acceptors (Lipinski definition) is 9. The molecule has 0 radical (unpaired) electrons. The van der Waals surface area contributed by atoms with Crippen LogP contribution >= 0.6 is 21.6 Å². The monoisotopic (exact) mass is 597 g/mol. The second-order valence-electron chi connectivity index (χ2n) is 10.7. The second kappa shape index (κ2) is 14.5. The van der Waals surface area contributed by atoms with Crippen molar-refractivity contribution in [2.45, 2.75) is 77.4 Å². The van der Waals surface area contributed by atoms with E-state index in [0.29, 0.717) is 17.1 Å². The van der Waals surface area contributed by atoms with Gasteiger partial charge in [-0.05, 0) is 38.0 Å². The third-order valence-corrected chi connectivity index (χ3v) is 8.93. The lowest BCUT2D eigenvalue weighted by Gasteiger charge is -2.26. The Kier molecular flexibility index (Phi) is 12.0. The molecule has 1 heterocycles. The lowest BCUT2D eigenvalue weighted by Crippen LogP contribution is -2.58. The summed E-state index contributed by atoms with van der Waals surface area (Å²) in [5.41, 5.74) is 5.48. The number of ether oxygens (including phenoxy) is 2. The number of rotatable bonds is 13. The zero-order valence-corrected chi connectivity index (χ0v) is 25.4. The van der Waals surface area contributed by atoms with Crippen molar-refractivity contribution in [3.05, 3.63) is 23.8 Å². The van der Waals surface area contributed by atoms with E-state index in [-0.39, 0.29) is 23.2 Å². The molecule has 1 aliphatic rings. The van der Waals surface area contributed by atoms with Gasteiger partial charge in [-0.25, -0.2) is 0 Å². The van der Waals surface area contributed by atoms with Crippen molar-refractivity contribution in [3.63, 3.8) is 0 Å². The summed E-state index contributed by atoms with van der Waals surface area (Å²) in [5, 5.41) is 10.5. The lowest BCUT2D eigenvalue weighted by atomic mass is 10.0. The first kappa shape index (κ1) is 33.1. The third kappa shape index (κ3) is 10.1. The number of carbonyl (C=O) groups excluding carboxylic acids is 5. The van der Waals surface area contributed by atoms with Crippen LogP contribution in [-0.4, -0.2) is 71.0 Å². The fourth-order valence-corrected chi connectivity index (χ4v) is 5.78. The molecule has 12 nitrogen and oxygen atoms in total. The molecule has 0 fully saturated rings. The van der Waals surface area contributed by atoms with Crippen LogP contribution in [0.4, 0.5) is 0 Å². The summed E-state index contributed by atoms with van der Waals surface area (Å²) in [5.74, 6) is -2.08. The Labute approximate surface area is 242 Å². The average molecular weight is 598 g/mol. The summed E-state index contributed by atoms with van der Waals surface area (Å²) in [4.78, 5) is 63.2. The van der Waals surface area contributed by atoms with Gasteiger partial charge < -0.3 is 36.5 Å². The third-order valence-electron chi connectivity index (χ3n) is 5.58. The average Bonchev–Trinajstić information content (AvgIpc) is 3.33. The van der Waals surface area contributed by atoms with Crippen LogP contribution in [0.3, 0.4) is 0 Å². The number of nitrogens with two attached hydrogens (primary N) is 1. The van der Waals surface area contributed by atoms with Crippen molar-refractivity contribution >= 4 is 51.1 Å². The molecule has 1 aromatic carbocycles. The molecular weight excluding hydrogens is 558 g/mol. The maximum atomic E-state index is 13.4. The quantitative estimate of drug-likeness (QED) is 0.210. The van der Waals surface area contributed by atoms with E-state index in [4.69, 9.17) is 15.2 Å². The van der Waals surface area contributed by atoms with Gasteiger partial charge in [0.05, 0.1) is 0 Å². The topological polar surface area (TPSA) is 178 Å². The fraction of sp³-hybridized carbons (Fsp3) is 0.577. The van der Waals surface area contributed by atoms with Crippen molar-refractivity contribution in [1.82, 2.24) is 21.3 Å². The highest BCUT2D eigenvalue weighted by Crippen LogP contribution is 2.35. The molecule has 0 aromatic heterocycles. The molecule has 1 aliphatic heterocycles. The van der Waals surface area contributed by atoms with Gasteiger partial charge in [0.2, 0.25) is 30.4 Å². The Bertz CT molecular complexity index is 1110. The van der Waals surface area contributed by atoms with Crippen LogP contribution in [0.25, 0.3) is 0 Å². The van der Waals surface area contributed by atoms with Crippen molar-refractivity contribution in [2.75, 3.05) is 12.5 Å². The molecule has 40 heavy (non-hydrogen) atoms. The molecule has 0 bridgehead atoms. The molecule has 0 aliphatic carbocycles. The van der Waals surface area contributed by atoms with E-state index in [9.17, 15) is 24.0 Å². The van der Waals surface area contributed by atoms with E-state index in [1.165, 1.54) is 41.5 Å². The molecule has 2 unspecified atom stereocenters. The highest BCUT2D eigenvalue weighted by atomic mass is 33.1. The predicted octanol–water partition coefficient (Wildman–Crippen LogP) is 1.33. The largest absolute Gasteiger partial charge is 0.454 e. The number of nitrogens with one attached hydrogen (secondary N) is 4. The Morgan fingerprint density at radius 2 is 1.50 bits per heavy atom. The molecule has 0 spiro atoms. The van der Waals surface area contributed by atoms with Crippen LogP contribution < -0.4 is 36.5 Å². The van der Waals surface area contributed by atoms with Crippen molar-refractivity contribution in [2.24, 2.45) is 11.7 Å². The first-order chi connectivity index (χ1) is 18.6. The van der Waals surface area contributed by atoms with E-state index in [1.54, 1.807) is 26.0 Å². The van der Waals surface area contributed by atoms with Crippen LogP contribution in [0.2, 0.25) is 0 Å². The van der Waals surface area contributed by atoms with Crippen molar-refractivity contribution in [3.8, 4) is 11.5 Å². The van der Waals surface area contributed by atoms with Gasteiger partial charge in [0.15, 0.2) is 11.5 Å². The van der Waals surface area contributed by atoms with Gasteiger partial charge in [0.25, 0.3) is 5.91 Å². The van der Waals surface area contributed by atoms with Crippen LogP contribution in [0, 0.1) is 5.92 Å². The highest BCUT2D eigenvalue weighted by Gasteiger charge is 2.31. The Balaban J connectivity index is 2.13. The smallest absolute Gasteiger partial charge is 0.252 e. The van der Waals surface area contributed by atoms with Gasteiger partial charge in [-0.2, -0.15) is 0 Å².